The van der Waals surface area contributed by atoms with E-state index in [9.17, 15) is 9.59 Å². The standard InChI is InChI=1S/C14H25N3O3/c1-16-7-5-12(6-8-16)17(2)14(20)15-11-4-3-10(9-11)13(18)19/h10-12H,3-9H2,1-2H3,(H,15,20)(H,18,19)/t10-,11+/m1/s1. The van der Waals surface area contributed by atoms with Crippen molar-refractivity contribution in [3.63, 3.8) is 0 Å². The van der Waals surface area contributed by atoms with Gasteiger partial charge in [0, 0.05) is 19.1 Å². The van der Waals surface area contributed by atoms with Gasteiger partial charge in [-0.05, 0) is 52.2 Å². The number of hydrogen-bond acceptors (Lipinski definition) is 3. The highest BCUT2D eigenvalue weighted by Crippen LogP contribution is 2.26. The van der Waals surface area contributed by atoms with E-state index in [1.807, 2.05) is 7.05 Å². The predicted octanol–water partition coefficient (Wildman–Crippen LogP) is 0.975. The van der Waals surface area contributed by atoms with Gasteiger partial charge in [-0.2, -0.15) is 0 Å². The molecule has 0 aromatic carbocycles. The lowest BCUT2D eigenvalue weighted by atomic mass is 10.0. The van der Waals surface area contributed by atoms with Crippen molar-refractivity contribution >= 4 is 12.0 Å². The maximum absolute atomic E-state index is 12.2. The molecule has 2 N–H and O–H groups in total. The Bertz CT molecular complexity index is 367. The number of piperidine rings is 1. The Labute approximate surface area is 120 Å². The summed E-state index contributed by atoms with van der Waals surface area (Å²) in [6.45, 7) is 2.04. The van der Waals surface area contributed by atoms with E-state index >= 15 is 0 Å². The molecule has 0 aromatic heterocycles. The van der Waals surface area contributed by atoms with E-state index < -0.39 is 5.97 Å². The van der Waals surface area contributed by atoms with Gasteiger partial charge in [-0.3, -0.25) is 4.79 Å². The lowest BCUT2D eigenvalue weighted by Gasteiger charge is -2.35. The highest BCUT2D eigenvalue weighted by Gasteiger charge is 2.32. The van der Waals surface area contributed by atoms with Crippen LogP contribution in [0.2, 0.25) is 0 Å². The zero-order valence-corrected chi connectivity index (χ0v) is 12.3. The van der Waals surface area contributed by atoms with E-state index in [2.05, 4.69) is 17.3 Å². The van der Waals surface area contributed by atoms with Gasteiger partial charge in [-0.15, -0.1) is 0 Å². The molecule has 2 aliphatic rings. The second-order valence-electron chi connectivity index (χ2n) is 6.14. The quantitative estimate of drug-likeness (QED) is 0.809. The summed E-state index contributed by atoms with van der Waals surface area (Å²) in [5.74, 6) is -1.04. The molecule has 20 heavy (non-hydrogen) atoms. The molecule has 2 fully saturated rings. The zero-order valence-electron chi connectivity index (χ0n) is 12.3. The fraction of sp³-hybridized carbons (Fsp3) is 0.857. The summed E-state index contributed by atoms with van der Waals surface area (Å²) in [7, 11) is 3.94. The van der Waals surface area contributed by atoms with Crippen LogP contribution in [0.4, 0.5) is 4.79 Å². The van der Waals surface area contributed by atoms with Crippen molar-refractivity contribution < 1.29 is 14.7 Å². The highest BCUT2D eigenvalue weighted by atomic mass is 16.4. The third kappa shape index (κ3) is 3.62. The van der Waals surface area contributed by atoms with Gasteiger partial charge in [0.2, 0.25) is 0 Å². The van der Waals surface area contributed by atoms with Gasteiger partial charge < -0.3 is 20.2 Å². The number of carbonyl (C=O) groups is 2. The Kier molecular flexibility index (Phi) is 4.86. The normalized spacial score (nSPS) is 28.3. The molecule has 6 heteroatoms. The van der Waals surface area contributed by atoms with Crippen molar-refractivity contribution in [3.8, 4) is 0 Å². The first kappa shape index (κ1) is 15.1. The maximum Gasteiger partial charge on any atom is 0.317 e. The fourth-order valence-corrected chi connectivity index (χ4v) is 3.16. The van der Waals surface area contributed by atoms with Crippen LogP contribution in [0.25, 0.3) is 0 Å². The number of aliphatic carboxylic acids is 1. The summed E-state index contributed by atoms with van der Waals surface area (Å²) >= 11 is 0. The van der Waals surface area contributed by atoms with E-state index in [-0.39, 0.29) is 18.0 Å². The van der Waals surface area contributed by atoms with Crippen LogP contribution in [-0.4, -0.2) is 66.2 Å². The van der Waals surface area contributed by atoms with Crippen molar-refractivity contribution in [1.82, 2.24) is 15.1 Å². The first-order chi connectivity index (χ1) is 9.47. The minimum absolute atomic E-state index is 0.0114. The lowest BCUT2D eigenvalue weighted by Crippen LogP contribution is -2.50. The van der Waals surface area contributed by atoms with Gasteiger partial charge in [-0.25, -0.2) is 4.79 Å². The molecule has 0 radical (unpaired) electrons. The molecule has 0 spiro atoms. The molecule has 2 rings (SSSR count). The van der Waals surface area contributed by atoms with Crippen LogP contribution in [0.15, 0.2) is 0 Å². The van der Waals surface area contributed by atoms with E-state index in [1.165, 1.54) is 0 Å². The Morgan fingerprint density at radius 1 is 1.20 bits per heavy atom. The summed E-state index contributed by atoms with van der Waals surface area (Å²) in [5.41, 5.74) is 0. The molecular weight excluding hydrogens is 258 g/mol. The number of urea groups is 1. The predicted molar refractivity (Wildman–Crippen MR) is 75.6 cm³/mol. The molecule has 2 atom stereocenters. The van der Waals surface area contributed by atoms with Crippen LogP contribution in [-0.2, 0) is 4.79 Å². The maximum atomic E-state index is 12.2. The molecule has 2 amide bonds. The smallest absolute Gasteiger partial charge is 0.317 e. The summed E-state index contributed by atoms with van der Waals surface area (Å²) in [4.78, 5) is 27.2. The van der Waals surface area contributed by atoms with Gasteiger partial charge in [-0.1, -0.05) is 0 Å². The number of likely N-dealkylation sites (tertiary alicyclic amines) is 1. The van der Waals surface area contributed by atoms with Crippen LogP contribution >= 0.6 is 0 Å². The van der Waals surface area contributed by atoms with Crippen molar-refractivity contribution in [2.45, 2.75) is 44.2 Å². The van der Waals surface area contributed by atoms with Crippen molar-refractivity contribution in [2.75, 3.05) is 27.2 Å². The number of hydrogen-bond donors (Lipinski definition) is 2. The Morgan fingerprint density at radius 2 is 1.85 bits per heavy atom. The van der Waals surface area contributed by atoms with E-state index in [0.29, 0.717) is 18.9 Å². The van der Waals surface area contributed by atoms with Crippen molar-refractivity contribution in [3.05, 3.63) is 0 Å². The Hall–Kier alpha value is -1.30. The molecular formula is C14H25N3O3. The first-order valence-corrected chi connectivity index (χ1v) is 7.42. The average Bonchev–Trinajstić information content (AvgIpc) is 2.87. The minimum Gasteiger partial charge on any atom is -0.481 e. The number of carboxylic acid groups (broad SMARTS) is 1. The van der Waals surface area contributed by atoms with E-state index in [0.717, 1.165) is 32.4 Å². The highest BCUT2D eigenvalue weighted by molar-refractivity contribution is 5.75. The van der Waals surface area contributed by atoms with Gasteiger partial charge >= 0.3 is 12.0 Å². The third-order valence-electron chi connectivity index (χ3n) is 4.67. The number of nitrogens with one attached hydrogen (secondary N) is 1. The monoisotopic (exact) mass is 283 g/mol. The minimum atomic E-state index is -0.745. The van der Waals surface area contributed by atoms with Gasteiger partial charge in [0.15, 0.2) is 0 Å². The molecule has 0 aromatic rings. The summed E-state index contributed by atoms with van der Waals surface area (Å²) < 4.78 is 0. The second kappa shape index (κ2) is 6.43. The number of carbonyl (C=O) groups excluding carboxylic acids is 1. The van der Waals surface area contributed by atoms with Crippen LogP contribution in [0.3, 0.4) is 0 Å². The largest absolute Gasteiger partial charge is 0.481 e. The lowest BCUT2D eigenvalue weighted by molar-refractivity contribution is -0.141. The van der Waals surface area contributed by atoms with E-state index in [4.69, 9.17) is 5.11 Å². The average molecular weight is 283 g/mol. The third-order valence-corrected chi connectivity index (χ3v) is 4.67. The molecule has 114 valence electrons. The number of amides is 2. The van der Waals surface area contributed by atoms with Crippen LogP contribution in [0.5, 0.6) is 0 Å². The SMILES string of the molecule is CN1CCC(N(C)C(=O)N[C@H]2CC[C@@H](C(=O)O)C2)CC1. The number of nitrogens with zero attached hydrogens (tertiary/aromatic N) is 2. The van der Waals surface area contributed by atoms with Crippen molar-refractivity contribution in [1.29, 1.82) is 0 Å². The zero-order chi connectivity index (χ0) is 14.7. The fourth-order valence-electron chi connectivity index (χ4n) is 3.16. The molecule has 1 saturated carbocycles. The molecule has 0 bridgehead atoms. The number of rotatable bonds is 3. The van der Waals surface area contributed by atoms with Gasteiger partial charge in [0.25, 0.3) is 0 Å². The van der Waals surface area contributed by atoms with Crippen LogP contribution in [0.1, 0.15) is 32.1 Å². The van der Waals surface area contributed by atoms with Gasteiger partial charge in [0.1, 0.15) is 0 Å². The summed E-state index contributed by atoms with van der Waals surface area (Å²) in [6.07, 6.45) is 4.00. The van der Waals surface area contributed by atoms with Gasteiger partial charge in [0.05, 0.1) is 5.92 Å². The topological polar surface area (TPSA) is 72.9 Å². The molecule has 1 aliphatic carbocycles. The molecule has 1 heterocycles. The molecule has 6 nitrogen and oxygen atoms in total. The van der Waals surface area contributed by atoms with Crippen LogP contribution in [0, 0.1) is 5.92 Å². The van der Waals surface area contributed by atoms with Crippen LogP contribution < -0.4 is 5.32 Å². The number of carboxylic acids is 1. The Morgan fingerprint density at radius 3 is 2.40 bits per heavy atom. The summed E-state index contributed by atoms with van der Waals surface area (Å²) in [5, 5.41) is 12.0. The molecule has 1 saturated heterocycles. The summed E-state index contributed by atoms with van der Waals surface area (Å²) in [6, 6.07) is 0.246. The molecule has 0 unspecified atom stereocenters. The van der Waals surface area contributed by atoms with Crippen molar-refractivity contribution in [2.24, 2.45) is 5.92 Å². The Balaban J connectivity index is 1.78. The second-order valence-corrected chi connectivity index (χ2v) is 6.14. The van der Waals surface area contributed by atoms with E-state index in [1.54, 1.807) is 4.90 Å². The molecule has 1 aliphatic heterocycles. The first-order valence-electron chi connectivity index (χ1n) is 7.42.